The number of ketones is 1. The summed E-state index contributed by atoms with van der Waals surface area (Å²) in [7, 11) is 0. The molecular weight excluding hydrogens is 238 g/mol. The van der Waals surface area contributed by atoms with Crippen LogP contribution in [0.1, 0.15) is 43.0 Å². The lowest BCUT2D eigenvalue weighted by Crippen LogP contribution is -2.35. The van der Waals surface area contributed by atoms with Crippen LogP contribution in [0.5, 0.6) is 0 Å². The van der Waals surface area contributed by atoms with Crippen molar-refractivity contribution in [3.8, 4) is 0 Å². The molecule has 0 saturated carbocycles. The zero-order chi connectivity index (χ0) is 13.7. The summed E-state index contributed by atoms with van der Waals surface area (Å²) in [6.45, 7) is 4.26. The van der Waals surface area contributed by atoms with Gasteiger partial charge in [-0.3, -0.25) is 4.79 Å². The van der Waals surface area contributed by atoms with Gasteiger partial charge in [-0.1, -0.05) is 6.92 Å². The van der Waals surface area contributed by atoms with Gasteiger partial charge in [0.1, 0.15) is 0 Å². The number of rotatable bonds is 5. The molecule has 1 N–H and O–H groups in total. The van der Waals surface area contributed by atoms with E-state index in [4.69, 9.17) is 5.11 Å². The Morgan fingerprint density at radius 3 is 2.74 bits per heavy atom. The van der Waals surface area contributed by atoms with Crippen LogP contribution in [0.25, 0.3) is 0 Å². The van der Waals surface area contributed by atoms with Crippen LogP contribution in [-0.4, -0.2) is 30.6 Å². The largest absolute Gasteiger partial charge is 0.396 e. The molecule has 1 saturated heterocycles. The van der Waals surface area contributed by atoms with Gasteiger partial charge in [0.15, 0.2) is 5.78 Å². The predicted molar refractivity (Wildman–Crippen MR) is 77.7 cm³/mol. The number of Topliss-reactive ketones (excluding diaryl/α,β-unsaturated/α-hetero) is 1. The molecule has 19 heavy (non-hydrogen) atoms. The highest BCUT2D eigenvalue weighted by Crippen LogP contribution is 2.25. The van der Waals surface area contributed by atoms with Gasteiger partial charge in [0.05, 0.1) is 0 Å². The highest BCUT2D eigenvalue weighted by Gasteiger charge is 2.19. The van der Waals surface area contributed by atoms with Crippen LogP contribution >= 0.6 is 0 Å². The minimum Gasteiger partial charge on any atom is -0.396 e. The van der Waals surface area contributed by atoms with Crippen molar-refractivity contribution in [2.75, 3.05) is 24.6 Å². The van der Waals surface area contributed by atoms with E-state index in [0.717, 1.165) is 25.1 Å². The predicted octanol–water partition coefficient (Wildman–Crippen LogP) is 2.88. The Morgan fingerprint density at radius 2 is 2.11 bits per heavy atom. The van der Waals surface area contributed by atoms with E-state index >= 15 is 0 Å². The normalized spacial score (nSPS) is 19.5. The van der Waals surface area contributed by atoms with Crippen LogP contribution in [0.15, 0.2) is 24.3 Å². The molecule has 1 fully saturated rings. The van der Waals surface area contributed by atoms with Crippen molar-refractivity contribution in [3.05, 3.63) is 29.8 Å². The van der Waals surface area contributed by atoms with Gasteiger partial charge in [-0.05, 0) is 49.4 Å². The molecule has 3 heteroatoms. The Balaban J connectivity index is 2.03. The summed E-state index contributed by atoms with van der Waals surface area (Å²) in [4.78, 5) is 14.0. The summed E-state index contributed by atoms with van der Waals surface area (Å²) in [6.07, 6.45) is 3.84. The van der Waals surface area contributed by atoms with Gasteiger partial charge in [-0.25, -0.2) is 0 Å². The van der Waals surface area contributed by atoms with Crippen LogP contribution in [0.4, 0.5) is 5.69 Å². The number of aliphatic hydroxyl groups is 1. The SMILES string of the molecule is CCC(=O)c1ccc(N2CCCC(CCO)C2)cc1. The average Bonchev–Trinajstić information content (AvgIpc) is 2.47. The number of hydrogen-bond acceptors (Lipinski definition) is 3. The lowest BCUT2D eigenvalue weighted by Gasteiger charge is -2.34. The summed E-state index contributed by atoms with van der Waals surface area (Å²) >= 11 is 0. The third-order valence-corrected chi connectivity index (χ3v) is 3.93. The zero-order valence-corrected chi connectivity index (χ0v) is 11.6. The van der Waals surface area contributed by atoms with Gasteiger partial charge in [0, 0.05) is 37.4 Å². The number of hydrogen-bond donors (Lipinski definition) is 1. The van der Waals surface area contributed by atoms with Crippen LogP contribution in [0.2, 0.25) is 0 Å². The van der Waals surface area contributed by atoms with Crippen LogP contribution in [0.3, 0.4) is 0 Å². The number of carbonyl (C=O) groups excluding carboxylic acids is 1. The monoisotopic (exact) mass is 261 g/mol. The maximum atomic E-state index is 11.6. The van der Waals surface area contributed by atoms with Crippen LogP contribution in [0, 0.1) is 5.92 Å². The average molecular weight is 261 g/mol. The van der Waals surface area contributed by atoms with Gasteiger partial charge in [0.2, 0.25) is 0 Å². The van der Waals surface area contributed by atoms with E-state index < -0.39 is 0 Å². The molecule has 0 spiro atoms. The van der Waals surface area contributed by atoms with Crippen molar-refractivity contribution in [1.29, 1.82) is 0 Å². The number of nitrogens with zero attached hydrogens (tertiary/aromatic N) is 1. The summed E-state index contributed by atoms with van der Waals surface area (Å²) in [5.74, 6) is 0.791. The minimum absolute atomic E-state index is 0.198. The smallest absolute Gasteiger partial charge is 0.162 e. The standard InChI is InChI=1S/C16H23NO2/c1-2-16(19)14-5-7-15(8-6-14)17-10-3-4-13(12-17)9-11-18/h5-8,13,18H,2-4,9-12H2,1H3. The second-order valence-electron chi connectivity index (χ2n) is 5.29. The molecule has 1 atom stereocenters. The number of carbonyl (C=O) groups is 1. The number of benzene rings is 1. The third-order valence-electron chi connectivity index (χ3n) is 3.93. The van der Waals surface area contributed by atoms with Gasteiger partial charge in [0.25, 0.3) is 0 Å². The van der Waals surface area contributed by atoms with Crippen molar-refractivity contribution < 1.29 is 9.90 Å². The summed E-state index contributed by atoms with van der Waals surface area (Å²) in [6, 6.07) is 7.95. The van der Waals surface area contributed by atoms with E-state index in [1.807, 2.05) is 31.2 Å². The first-order chi connectivity index (χ1) is 9.24. The first-order valence-electron chi connectivity index (χ1n) is 7.23. The van der Waals surface area contributed by atoms with Gasteiger partial charge in [-0.2, -0.15) is 0 Å². The number of anilines is 1. The molecule has 0 radical (unpaired) electrons. The minimum atomic E-state index is 0.198. The fourth-order valence-corrected chi connectivity index (χ4v) is 2.78. The van der Waals surface area contributed by atoms with Crippen molar-refractivity contribution in [2.45, 2.75) is 32.6 Å². The fraction of sp³-hybridized carbons (Fsp3) is 0.562. The molecule has 1 aliphatic heterocycles. The molecule has 3 nitrogen and oxygen atoms in total. The number of piperidine rings is 1. The van der Waals surface area contributed by atoms with E-state index in [1.165, 1.54) is 18.5 Å². The Labute approximate surface area is 115 Å². The Morgan fingerprint density at radius 1 is 1.37 bits per heavy atom. The second kappa shape index (κ2) is 6.71. The Hall–Kier alpha value is -1.35. The molecule has 1 aromatic rings. The summed E-state index contributed by atoms with van der Waals surface area (Å²) in [5.41, 5.74) is 1.99. The second-order valence-corrected chi connectivity index (χ2v) is 5.29. The van der Waals surface area contributed by atoms with E-state index in [0.29, 0.717) is 12.3 Å². The van der Waals surface area contributed by atoms with E-state index in [2.05, 4.69) is 4.90 Å². The summed E-state index contributed by atoms with van der Waals surface area (Å²) < 4.78 is 0. The quantitative estimate of drug-likeness (QED) is 0.829. The van der Waals surface area contributed by atoms with Gasteiger partial charge >= 0.3 is 0 Å². The topological polar surface area (TPSA) is 40.5 Å². The molecule has 0 aromatic heterocycles. The molecule has 104 valence electrons. The fourth-order valence-electron chi connectivity index (χ4n) is 2.78. The molecule has 1 heterocycles. The maximum absolute atomic E-state index is 11.6. The molecule has 0 bridgehead atoms. The first-order valence-corrected chi connectivity index (χ1v) is 7.23. The van der Waals surface area contributed by atoms with Crippen molar-refractivity contribution in [3.63, 3.8) is 0 Å². The molecule has 2 rings (SSSR count). The highest BCUT2D eigenvalue weighted by atomic mass is 16.3. The lowest BCUT2D eigenvalue weighted by molar-refractivity contribution is 0.0988. The van der Waals surface area contributed by atoms with E-state index in [9.17, 15) is 4.79 Å². The number of aliphatic hydroxyl groups excluding tert-OH is 1. The maximum Gasteiger partial charge on any atom is 0.162 e. The van der Waals surface area contributed by atoms with Crippen molar-refractivity contribution in [2.24, 2.45) is 5.92 Å². The third kappa shape index (κ3) is 3.57. The molecule has 1 unspecified atom stereocenters. The Bertz CT molecular complexity index is 411. The van der Waals surface area contributed by atoms with Crippen molar-refractivity contribution >= 4 is 11.5 Å². The van der Waals surface area contributed by atoms with E-state index in [1.54, 1.807) is 0 Å². The summed E-state index contributed by atoms with van der Waals surface area (Å²) in [5, 5.41) is 9.04. The zero-order valence-electron chi connectivity index (χ0n) is 11.6. The molecular formula is C16H23NO2. The highest BCUT2D eigenvalue weighted by molar-refractivity contribution is 5.96. The molecule has 0 aliphatic carbocycles. The van der Waals surface area contributed by atoms with E-state index in [-0.39, 0.29) is 12.4 Å². The van der Waals surface area contributed by atoms with Gasteiger partial charge < -0.3 is 10.0 Å². The van der Waals surface area contributed by atoms with Crippen molar-refractivity contribution in [1.82, 2.24) is 0 Å². The van der Waals surface area contributed by atoms with Gasteiger partial charge in [-0.15, -0.1) is 0 Å². The lowest BCUT2D eigenvalue weighted by atomic mass is 9.94. The van der Waals surface area contributed by atoms with Crippen LogP contribution < -0.4 is 4.90 Å². The molecule has 1 aliphatic rings. The molecule has 0 amide bonds. The Kier molecular flexibility index (Phi) is 4.97. The first kappa shape index (κ1) is 14.1. The molecule has 1 aromatic carbocycles. The van der Waals surface area contributed by atoms with Crippen LogP contribution in [-0.2, 0) is 0 Å².